The van der Waals surface area contributed by atoms with E-state index in [-0.39, 0.29) is 5.75 Å². The number of ether oxygens (including phenoxy) is 1. The number of nitrogens with one attached hydrogen (secondary N) is 2. The van der Waals surface area contributed by atoms with Crippen molar-refractivity contribution in [3.05, 3.63) is 58.9 Å². The Morgan fingerprint density at radius 3 is 2.46 bits per heavy atom. The van der Waals surface area contributed by atoms with E-state index in [0.29, 0.717) is 22.4 Å². The number of anilines is 1. The number of methoxy groups -OCH3 is 1. The van der Waals surface area contributed by atoms with Crippen molar-refractivity contribution in [3.8, 4) is 5.75 Å². The van der Waals surface area contributed by atoms with E-state index in [2.05, 4.69) is 10.0 Å². The van der Waals surface area contributed by atoms with Crippen LogP contribution in [-0.2, 0) is 10.0 Å². The largest absolute Gasteiger partial charge is 0.494 e. The number of benzene rings is 2. The van der Waals surface area contributed by atoms with Crippen LogP contribution in [0.3, 0.4) is 0 Å². The number of carbonyl (C=O) groups is 1. The van der Waals surface area contributed by atoms with E-state index in [1.165, 1.54) is 25.3 Å². The van der Waals surface area contributed by atoms with Crippen molar-refractivity contribution in [3.63, 3.8) is 0 Å². The number of hydrogen-bond donors (Lipinski definition) is 2. The lowest BCUT2D eigenvalue weighted by molar-refractivity contribution is 0.0940. The summed E-state index contributed by atoms with van der Waals surface area (Å²) in [5, 5.41) is 2.76. The average Bonchev–Trinajstić information content (AvgIpc) is 2.55. The number of amides is 1. The summed E-state index contributed by atoms with van der Waals surface area (Å²) in [7, 11) is -2.08. The lowest BCUT2D eigenvalue weighted by Gasteiger charge is -2.16. The summed E-state index contributed by atoms with van der Waals surface area (Å²) in [5.74, 6) is -0.784. The Bertz CT molecular complexity index is 929. The highest BCUT2D eigenvalue weighted by molar-refractivity contribution is 7.92. The van der Waals surface area contributed by atoms with Gasteiger partial charge in [-0.25, -0.2) is 12.8 Å². The fraction of sp³-hybridized carbons (Fsp3) is 0.278. The Balaban J connectivity index is 2.19. The summed E-state index contributed by atoms with van der Waals surface area (Å²) >= 11 is 0. The van der Waals surface area contributed by atoms with E-state index >= 15 is 0 Å². The maximum atomic E-state index is 13.8. The van der Waals surface area contributed by atoms with Crippen LogP contribution in [-0.4, -0.2) is 27.7 Å². The van der Waals surface area contributed by atoms with E-state index in [1.54, 1.807) is 32.0 Å². The summed E-state index contributed by atoms with van der Waals surface area (Å²) in [4.78, 5) is 12.5. The first-order valence-electron chi connectivity index (χ1n) is 7.83. The van der Waals surface area contributed by atoms with Gasteiger partial charge in [0.05, 0.1) is 25.1 Å². The molecule has 0 aliphatic carbocycles. The molecule has 0 heterocycles. The Morgan fingerprint density at radius 1 is 1.19 bits per heavy atom. The van der Waals surface area contributed by atoms with Gasteiger partial charge >= 0.3 is 0 Å². The van der Waals surface area contributed by atoms with Crippen LogP contribution >= 0.6 is 0 Å². The summed E-state index contributed by atoms with van der Waals surface area (Å²) in [6.07, 6.45) is 1.04. The van der Waals surface area contributed by atoms with Gasteiger partial charge in [-0.3, -0.25) is 9.52 Å². The molecule has 0 saturated carbocycles. The Kier molecular flexibility index (Phi) is 5.86. The van der Waals surface area contributed by atoms with Gasteiger partial charge in [-0.2, -0.15) is 0 Å². The first kappa shape index (κ1) is 19.7. The minimum absolute atomic E-state index is 0.127. The molecule has 2 aromatic rings. The van der Waals surface area contributed by atoms with Crippen molar-refractivity contribution in [1.29, 1.82) is 0 Å². The zero-order chi connectivity index (χ0) is 19.5. The van der Waals surface area contributed by atoms with Crippen LogP contribution in [0.25, 0.3) is 0 Å². The molecule has 2 rings (SSSR count). The van der Waals surface area contributed by atoms with Gasteiger partial charge in [0.25, 0.3) is 5.91 Å². The van der Waals surface area contributed by atoms with Gasteiger partial charge in [0, 0.05) is 5.56 Å². The van der Waals surface area contributed by atoms with Crippen LogP contribution in [0.15, 0.2) is 36.4 Å². The third-order valence-electron chi connectivity index (χ3n) is 3.82. The SMILES string of the molecule is COc1ccc([C@H](C)NC(=O)c2ccc(C)c(NS(C)(=O)=O)c2)cc1F. The normalized spacial score (nSPS) is 12.3. The molecule has 0 aliphatic rings. The molecule has 0 aromatic heterocycles. The quantitative estimate of drug-likeness (QED) is 0.807. The highest BCUT2D eigenvalue weighted by Crippen LogP contribution is 2.23. The van der Waals surface area contributed by atoms with Crippen LogP contribution in [0.4, 0.5) is 10.1 Å². The van der Waals surface area contributed by atoms with E-state index in [9.17, 15) is 17.6 Å². The maximum absolute atomic E-state index is 13.8. The molecule has 1 atom stereocenters. The van der Waals surface area contributed by atoms with Gasteiger partial charge in [0.2, 0.25) is 10.0 Å². The Labute approximate surface area is 152 Å². The molecule has 1 amide bonds. The van der Waals surface area contributed by atoms with Crippen molar-refractivity contribution in [2.75, 3.05) is 18.1 Å². The van der Waals surface area contributed by atoms with Crippen LogP contribution in [0.5, 0.6) is 5.75 Å². The van der Waals surface area contributed by atoms with E-state index in [0.717, 1.165) is 6.26 Å². The minimum Gasteiger partial charge on any atom is -0.494 e. The fourth-order valence-electron chi connectivity index (χ4n) is 2.39. The van der Waals surface area contributed by atoms with Gasteiger partial charge in [0.1, 0.15) is 0 Å². The summed E-state index contributed by atoms with van der Waals surface area (Å²) in [5.41, 5.74) is 1.90. The zero-order valence-electron chi connectivity index (χ0n) is 15.0. The number of carbonyl (C=O) groups excluding carboxylic acids is 1. The first-order valence-corrected chi connectivity index (χ1v) is 9.72. The van der Waals surface area contributed by atoms with Crippen LogP contribution in [0.1, 0.15) is 34.5 Å². The summed E-state index contributed by atoms with van der Waals surface area (Å²) in [6.45, 7) is 3.46. The molecule has 8 heteroatoms. The van der Waals surface area contributed by atoms with Crippen LogP contribution in [0.2, 0.25) is 0 Å². The number of hydrogen-bond acceptors (Lipinski definition) is 4. The predicted octanol–water partition coefficient (Wildman–Crippen LogP) is 3.01. The molecule has 0 bridgehead atoms. The summed E-state index contributed by atoms with van der Waals surface area (Å²) in [6, 6.07) is 8.73. The second-order valence-corrected chi connectivity index (χ2v) is 7.74. The lowest BCUT2D eigenvalue weighted by atomic mass is 10.1. The Hall–Kier alpha value is -2.61. The molecule has 0 radical (unpaired) electrons. The molecule has 2 aromatic carbocycles. The fourth-order valence-corrected chi connectivity index (χ4v) is 3.01. The van der Waals surface area contributed by atoms with Gasteiger partial charge in [-0.05, 0) is 49.2 Å². The standard InChI is InChI=1S/C18H21FN2O4S/c1-11-5-6-14(10-16(11)21-26(4,23)24)18(22)20-12(2)13-7-8-17(25-3)15(19)9-13/h5-10,12,21H,1-4H3,(H,20,22)/t12-/m0/s1. The molecule has 26 heavy (non-hydrogen) atoms. The minimum atomic E-state index is -3.45. The first-order chi connectivity index (χ1) is 12.1. The molecular weight excluding hydrogens is 359 g/mol. The van der Waals surface area contributed by atoms with Crippen molar-refractivity contribution in [1.82, 2.24) is 5.32 Å². The molecule has 0 saturated heterocycles. The smallest absolute Gasteiger partial charge is 0.251 e. The molecule has 0 aliphatic heterocycles. The highest BCUT2D eigenvalue weighted by Gasteiger charge is 2.15. The van der Waals surface area contributed by atoms with Crippen molar-refractivity contribution < 1.29 is 22.3 Å². The molecule has 2 N–H and O–H groups in total. The third kappa shape index (κ3) is 4.95. The average molecular weight is 380 g/mol. The third-order valence-corrected chi connectivity index (χ3v) is 4.41. The predicted molar refractivity (Wildman–Crippen MR) is 98.5 cm³/mol. The van der Waals surface area contributed by atoms with Crippen molar-refractivity contribution in [2.45, 2.75) is 19.9 Å². The highest BCUT2D eigenvalue weighted by atomic mass is 32.2. The molecule has 140 valence electrons. The van der Waals surface area contributed by atoms with Crippen LogP contribution < -0.4 is 14.8 Å². The topological polar surface area (TPSA) is 84.5 Å². The molecule has 6 nitrogen and oxygen atoms in total. The maximum Gasteiger partial charge on any atom is 0.251 e. The zero-order valence-corrected chi connectivity index (χ0v) is 15.8. The van der Waals surface area contributed by atoms with Crippen LogP contribution in [0, 0.1) is 12.7 Å². The lowest BCUT2D eigenvalue weighted by Crippen LogP contribution is -2.27. The number of sulfonamides is 1. The van der Waals surface area contributed by atoms with E-state index in [1.807, 2.05) is 0 Å². The van der Waals surface area contributed by atoms with Crippen molar-refractivity contribution >= 4 is 21.6 Å². The number of aryl methyl sites for hydroxylation is 1. The van der Waals surface area contributed by atoms with E-state index in [4.69, 9.17) is 4.74 Å². The molecule has 0 unspecified atom stereocenters. The second kappa shape index (κ2) is 7.74. The molecule has 0 spiro atoms. The number of rotatable bonds is 6. The van der Waals surface area contributed by atoms with Gasteiger partial charge in [-0.1, -0.05) is 12.1 Å². The van der Waals surface area contributed by atoms with Gasteiger partial charge < -0.3 is 10.1 Å². The second-order valence-electron chi connectivity index (χ2n) is 5.99. The molecule has 0 fully saturated rings. The monoisotopic (exact) mass is 380 g/mol. The van der Waals surface area contributed by atoms with E-state index < -0.39 is 27.8 Å². The molecular formula is C18H21FN2O4S. The summed E-state index contributed by atoms with van der Waals surface area (Å²) < 4.78 is 43.9. The number of halogens is 1. The van der Waals surface area contributed by atoms with Gasteiger partial charge in [0.15, 0.2) is 11.6 Å². The van der Waals surface area contributed by atoms with Crippen molar-refractivity contribution in [2.24, 2.45) is 0 Å². The Morgan fingerprint density at radius 2 is 1.88 bits per heavy atom. The van der Waals surface area contributed by atoms with Gasteiger partial charge in [-0.15, -0.1) is 0 Å².